The minimum atomic E-state index is -1.42. The number of carbonyl (C=O) groups excluding carboxylic acids is 1. The van der Waals surface area contributed by atoms with E-state index < -0.39 is 5.60 Å². The Morgan fingerprint density at radius 1 is 1.13 bits per heavy atom. The topological polar surface area (TPSA) is 78.9 Å². The van der Waals surface area contributed by atoms with Crippen LogP contribution in [0, 0.1) is 5.92 Å². The summed E-state index contributed by atoms with van der Waals surface area (Å²) in [7, 11) is 0. The summed E-state index contributed by atoms with van der Waals surface area (Å²) in [5, 5.41) is 15.9. The van der Waals surface area contributed by atoms with Crippen LogP contribution >= 0.6 is 11.3 Å². The molecule has 1 saturated heterocycles. The molecular formula is C24H31N3O2S. The predicted molar refractivity (Wildman–Crippen MR) is 122 cm³/mol. The molecule has 0 radical (unpaired) electrons. The van der Waals surface area contributed by atoms with Gasteiger partial charge in [-0.25, -0.2) is 0 Å². The Morgan fingerprint density at radius 3 is 2.47 bits per heavy atom. The Labute approximate surface area is 182 Å². The highest BCUT2D eigenvalue weighted by atomic mass is 32.1. The van der Waals surface area contributed by atoms with Crippen LogP contribution in [0.1, 0.15) is 49.7 Å². The van der Waals surface area contributed by atoms with Crippen LogP contribution in [0.4, 0.5) is 0 Å². The zero-order chi connectivity index (χ0) is 21.0. The lowest BCUT2D eigenvalue weighted by atomic mass is 9.78. The number of likely N-dealkylation sites (tertiary alicyclic amines) is 1. The van der Waals surface area contributed by atoms with Crippen molar-refractivity contribution < 1.29 is 9.90 Å². The fourth-order valence-corrected chi connectivity index (χ4v) is 5.56. The van der Waals surface area contributed by atoms with Gasteiger partial charge in [0, 0.05) is 25.4 Å². The van der Waals surface area contributed by atoms with Gasteiger partial charge in [0.2, 0.25) is 0 Å². The number of piperidine rings is 1. The summed E-state index contributed by atoms with van der Waals surface area (Å²) in [4.78, 5) is 20.1. The van der Waals surface area contributed by atoms with Gasteiger partial charge in [-0.05, 0) is 53.6 Å². The largest absolute Gasteiger partial charge is 0.387 e. The van der Waals surface area contributed by atoms with E-state index in [1.807, 2.05) is 40.6 Å². The molecule has 30 heavy (non-hydrogen) atoms. The minimum Gasteiger partial charge on any atom is -0.387 e. The summed E-state index contributed by atoms with van der Waals surface area (Å²) in [6.45, 7) is 1.22. The van der Waals surface area contributed by atoms with Crippen LogP contribution in [0.3, 0.4) is 0 Å². The molecule has 0 unspecified atom stereocenters. The summed E-state index contributed by atoms with van der Waals surface area (Å²) >= 11 is 1.66. The number of aliphatic imine (C=N–C) groups is 1. The number of benzene rings is 1. The first-order valence-corrected chi connectivity index (χ1v) is 11.9. The smallest absolute Gasteiger partial charge is 0.259 e. The maximum atomic E-state index is 13.6. The molecule has 5 nitrogen and oxygen atoms in total. The van der Waals surface area contributed by atoms with E-state index in [4.69, 9.17) is 10.7 Å². The lowest BCUT2D eigenvalue weighted by Gasteiger charge is -2.40. The third kappa shape index (κ3) is 4.44. The second-order valence-corrected chi connectivity index (χ2v) is 9.35. The average molecular weight is 426 g/mol. The van der Waals surface area contributed by atoms with Crippen LogP contribution in [0.15, 0.2) is 52.2 Å². The van der Waals surface area contributed by atoms with Crippen molar-refractivity contribution in [3.63, 3.8) is 0 Å². The quantitative estimate of drug-likeness (QED) is 0.547. The van der Waals surface area contributed by atoms with Crippen LogP contribution in [0.25, 0.3) is 0 Å². The van der Waals surface area contributed by atoms with Crippen molar-refractivity contribution in [3.05, 3.63) is 58.3 Å². The maximum absolute atomic E-state index is 13.6. The number of amidine groups is 1. The van der Waals surface area contributed by atoms with Crippen LogP contribution in [-0.4, -0.2) is 40.9 Å². The van der Waals surface area contributed by atoms with E-state index in [1.54, 1.807) is 11.3 Å². The fourth-order valence-electron chi connectivity index (χ4n) is 4.89. The molecule has 1 aromatic carbocycles. The monoisotopic (exact) mass is 425 g/mol. The van der Waals surface area contributed by atoms with Crippen molar-refractivity contribution in [1.82, 2.24) is 4.90 Å². The third-order valence-corrected chi connectivity index (χ3v) is 7.28. The summed E-state index contributed by atoms with van der Waals surface area (Å²) in [5.74, 6) is 0.503. The molecule has 4 rings (SSSR count). The Morgan fingerprint density at radius 2 is 1.83 bits per heavy atom. The second kappa shape index (κ2) is 9.31. The normalized spacial score (nSPS) is 21.0. The van der Waals surface area contributed by atoms with Gasteiger partial charge in [-0.3, -0.25) is 9.79 Å². The number of thiophene rings is 1. The number of nitrogens with zero attached hydrogens (tertiary/aromatic N) is 2. The first kappa shape index (κ1) is 21.1. The van der Waals surface area contributed by atoms with Crippen molar-refractivity contribution in [2.45, 2.75) is 56.6 Å². The molecular weight excluding hydrogens is 394 g/mol. The SMILES string of the molecule is NC(Cc1ccsc1)=NC1CCN(C(=O)[C@](O)(c2ccccc2)C2CCCC2)CC1. The van der Waals surface area contributed by atoms with E-state index >= 15 is 0 Å². The molecule has 2 aromatic rings. The highest BCUT2D eigenvalue weighted by Gasteiger charge is 2.48. The van der Waals surface area contributed by atoms with E-state index in [1.165, 1.54) is 5.56 Å². The zero-order valence-corrected chi connectivity index (χ0v) is 18.2. The molecule has 1 amide bonds. The fraction of sp³-hybridized carbons (Fsp3) is 0.500. The highest BCUT2D eigenvalue weighted by molar-refractivity contribution is 7.08. The number of hydrogen-bond acceptors (Lipinski definition) is 4. The summed E-state index contributed by atoms with van der Waals surface area (Å²) in [6.07, 6.45) is 6.20. The molecule has 6 heteroatoms. The van der Waals surface area contributed by atoms with Gasteiger partial charge in [-0.15, -0.1) is 0 Å². The van der Waals surface area contributed by atoms with Crippen molar-refractivity contribution in [3.8, 4) is 0 Å². The molecule has 1 aromatic heterocycles. The van der Waals surface area contributed by atoms with Gasteiger partial charge in [0.1, 0.15) is 0 Å². The number of hydrogen-bond donors (Lipinski definition) is 2. The molecule has 2 aliphatic rings. The first-order valence-electron chi connectivity index (χ1n) is 11.0. The number of nitrogens with two attached hydrogens (primary N) is 1. The van der Waals surface area contributed by atoms with E-state index in [0.717, 1.165) is 44.1 Å². The van der Waals surface area contributed by atoms with E-state index in [2.05, 4.69) is 11.4 Å². The van der Waals surface area contributed by atoms with Crippen LogP contribution in [-0.2, 0) is 16.8 Å². The number of carbonyl (C=O) groups is 1. The van der Waals surface area contributed by atoms with Crippen molar-refractivity contribution in [2.24, 2.45) is 16.6 Å². The predicted octanol–water partition coefficient (Wildman–Crippen LogP) is 3.72. The van der Waals surface area contributed by atoms with Crippen molar-refractivity contribution in [1.29, 1.82) is 0 Å². The Balaban J connectivity index is 1.43. The number of amides is 1. The van der Waals surface area contributed by atoms with Crippen molar-refractivity contribution >= 4 is 23.1 Å². The molecule has 1 aliphatic carbocycles. The van der Waals surface area contributed by atoms with Crippen LogP contribution < -0.4 is 5.73 Å². The number of rotatable bonds is 6. The molecule has 2 fully saturated rings. The van der Waals surface area contributed by atoms with Gasteiger partial charge in [-0.1, -0.05) is 43.2 Å². The van der Waals surface area contributed by atoms with Crippen LogP contribution in [0.5, 0.6) is 0 Å². The lowest BCUT2D eigenvalue weighted by molar-refractivity contribution is -0.160. The van der Waals surface area contributed by atoms with Gasteiger partial charge in [-0.2, -0.15) is 11.3 Å². The van der Waals surface area contributed by atoms with Gasteiger partial charge in [0.05, 0.1) is 11.9 Å². The number of aliphatic hydroxyl groups is 1. The van der Waals surface area contributed by atoms with Crippen molar-refractivity contribution in [2.75, 3.05) is 13.1 Å². The maximum Gasteiger partial charge on any atom is 0.259 e. The van der Waals surface area contributed by atoms with Gasteiger partial charge in [0.15, 0.2) is 5.60 Å². The Bertz CT molecular complexity index is 854. The molecule has 160 valence electrons. The van der Waals surface area contributed by atoms with E-state index in [0.29, 0.717) is 25.3 Å². The second-order valence-electron chi connectivity index (χ2n) is 8.57. The minimum absolute atomic E-state index is 0.00982. The van der Waals surface area contributed by atoms with Gasteiger partial charge >= 0.3 is 0 Å². The van der Waals surface area contributed by atoms with E-state index in [-0.39, 0.29) is 17.9 Å². The molecule has 2 heterocycles. The summed E-state index contributed by atoms with van der Waals surface area (Å²) < 4.78 is 0. The zero-order valence-electron chi connectivity index (χ0n) is 17.4. The molecule has 0 bridgehead atoms. The molecule has 3 N–H and O–H groups in total. The van der Waals surface area contributed by atoms with Gasteiger partial charge < -0.3 is 15.7 Å². The van der Waals surface area contributed by atoms with Crippen LogP contribution in [0.2, 0.25) is 0 Å². The average Bonchev–Trinajstić information content (AvgIpc) is 3.48. The molecule has 1 atom stereocenters. The summed E-state index contributed by atoms with van der Waals surface area (Å²) in [6, 6.07) is 11.7. The van der Waals surface area contributed by atoms with Gasteiger partial charge in [0.25, 0.3) is 5.91 Å². The molecule has 1 aliphatic heterocycles. The standard InChI is InChI=1S/C24H31N3O2S/c25-22(16-18-12-15-30-17-18)26-21-10-13-27(14-11-21)23(28)24(29,20-8-4-5-9-20)19-6-2-1-3-7-19/h1-3,6-7,12,15,17,20-21,29H,4-5,8-11,13-14,16H2,(H2,25,26)/t24-/m0/s1. The lowest BCUT2D eigenvalue weighted by Crippen LogP contribution is -2.53. The summed E-state index contributed by atoms with van der Waals surface area (Å²) in [5.41, 5.74) is 6.64. The third-order valence-electron chi connectivity index (χ3n) is 6.55. The highest BCUT2D eigenvalue weighted by Crippen LogP contribution is 2.42. The Hall–Kier alpha value is -2.18. The van der Waals surface area contributed by atoms with E-state index in [9.17, 15) is 9.90 Å². The molecule has 0 spiro atoms. The Kier molecular flexibility index (Phi) is 6.54. The first-order chi connectivity index (χ1) is 14.6. The molecule has 1 saturated carbocycles.